The Hall–Kier alpha value is -2.05. The van der Waals surface area contributed by atoms with Crippen LogP contribution in [-0.4, -0.2) is 35.7 Å². The van der Waals surface area contributed by atoms with Crippen molar-refractivity contribution in [3.8, 4) is 0 Å². The quantitative estimate of drug-likeness (QED) is 0.696. The number of hydrogen-bond acceptors (Lipinski definition) is 5. The van der Waals surface area contributed by atoms with Crippen LogP contribution in [0.25, 0.3) is 0 Å². The zero-order chi connectivity index (χ0) is 15.0. The summed E-state index contributed by atoms with van der Waals surface area (Å²) in [5.41, 5.74) is 2.01. The number of carbonyl (C=O) groups is 1. The van der Waals surface area contributed by atoms with E-state index in [1.165, 1.54) is 0 Å². The molecule has 8 heteroatoms. The van der Waals surface area contributed by atoms with Crippen molar-refractivity contribution >= 4 is 37.5 Å². The van der Waals surface area contributed by atoms with Gasteiger partial charge < -0.3 is 0 Å². The summed E-state index contributed by atoms with van der Waals surface area (Å²) >= 11 is -0.132. The number of amides is 1. The van der Waals surface area contributed by atoms with Gasteiger partial charge in [0.2, 0.25) is 0 Å². The fraction of sp³-hybridized carbons (Fsp3) is 0.308. The summed E-state index contributed by atoms with van der Waals surface area (Å²) in [7, 11) is 0. The molecule has 0 saturated heterocycles. The van der Waals surface area contributed by atoms with Gasteiger partial charge in [-0.25, -0.2) is 0 Å². The molecule has 0 spiro atoms. The SMILES string of the molecule is CC(C)(C)c1nc(C(=O)Nc2cccc3c2N=[Se]=N3)n[nH]1. The summed E-state index contributed by atoms with van der Waals surface area (Å²) < 4.78 is 8.61. The Morgan fingerprint density at radius 1 is 1.29 bits per heavy atom. The van der Waals surface area contributed by atoms with Gasteiger partial charge in [-0.1, -0.05) is 0 Å². The third kappa shape index (κ3) is 2.72. The molecule has 2 aromatic rings. The van der Waals surface area contributed by atoms with Gasteiger partial charge >= 0.3 is 127 Å². The van der Waals surface area contributed by atoms with E-state index in [-0.39, 0.29) is 31.7 Å². The Morgan fingerprint density at radius 2 is 2.10 bits per heavy atom. The minimum atomic E-state index is -0.357. The average Bonchev–Trinajstić information content (AvgIpc) is 3.07. The van der Waals surface area contributed by atoms with Crippen LogP contribution in [0.3, 0.4) is 0 Å². The van der Waals surface area contributed by atoms with Crippen molar-refractivity contribution in [3.05, 3.63) is 29.8 Å². The van der Waals surface area contributed by atoms with Crippen molar-refractivity contribution in [1.82, 2.24) is 15.2 Å². The first-order valence-electron chi connectivity index (χ1n) is 6.40. The normalized spacial score (nSPS) is 12.9. The van der Waals surface area contributed by atoms with Crippen LogP contribution in [0.1, 0.15) is 37.2 Å². The summed E-state index contributed by atoms with van der Waals surface area (Å²) in [5.74, 6) is 0.441. The molecule has 0 bridgehead atoms. The number of aromatic nitrogens is 3. The van der Waals surface area contributed by atoms with E-state index in [2.05, 4.69) is 28.4 Å². The molecular weight excluding hydrogens is 335 g/mol. The van der Waals surface area contributed by atoms with Gasteiger partial charge in [-0.05, 0) is 0 Å². The molecule has 3 rings (SSSR count). The summed E-state index contributed by atoms with van der Waals surface area (Å²) in [6.45, 7) is 6.01. The number of carbonyl (C=O) groups excluding carboxylic acids is 1. The maximum absolute atomic E-state index is 12.2. The van der Waals surface area contributed by atoms with Gasteiger partial charge in [-0.15, -0.1) is 0 Å². The topological polar surface area (TPSA) is 95.4 Å². The van der Waals surface area contributed by atoms with E-state index in [9.17, 15) is 4.79 Å². The fourth-order valence-corrected chi connectivity index (χ4v) is 2.94. The van der Waals surface area contributed by atoms with Crippen LogP contribution in [0.5, 0.6) is 0 Å². The van der Waals surface area contributed by atoms with Crippen molar-refractivity contribution in [2.24, 2.45) is 7.92 Å². The molecule has 2 N–H and O–H groups in total. The number of nitrogens with one attached hydrogen (secondary N) is 2. The number of benzene rings is 1. The molecule has 0 unspecified atom stereocenters. The van der Waals surface area contributed by atoms with Crippen molar-refractivity contribution < 1.29 is 4.79 Å². The van der Waals surface area contributed by atoms with E-state index in [1.807, 2.05) is 32.9 Å². The van der Waals surface area contributed by atoms with Crippen LogP contribution < -0.4 is 5.32 Å². The first kappa shape index (κ1) is 13.9. The average molecular weight is 349 g/mol. The maximum atomic E-state index is 12.2. The van der Waals surface area contributed by atoms with Crippen molar-refractivity contribution in [3.63, 3.8) is 0 Å². The van der Waals surface area contributed by atoms with Crippen molar-refractivity contribution in [2.45, 2.75) is 26.2 Å². The third-order valence-corrected chi connectivity index (χ3v) is 4.07. The summed E-state index contributed by atoms with van der Waals surface area (Å²) in [5, 5.41) is 9.57. The van der Waals surface area contributed by atoms with Gasteiger partial charge in [0.15, 0.2) is 0 Å². The summed E-state index contributed by atoms with van der Waals surface area (Å²) in [6.07, 6.45) is 0. The monoisotopic (exact) mass is 350 g/mol. The summed E-state index contributed by atoms with van der Waals surface area (Å²) in [6, 6.07) is 5.52. The second kappa shape index (κ2) is 5.05. The first-order chi connectivity index (χ1) is 9.95. The van der Waals surface area contributed by atoms with Crippen LogP contribution in [-0.2, 0) is 5.41 Å². The third-order valence-electron chi connectivity index (χ3n) is 2.93. The number of rotatable bonds is 2. The van der Waals surface area contributed by atoms with Crippen LogP contribution in [0.2, 0.25) is 0 Å². The fourth-order valence-electron chi connectivity index (χ4n) is 1.78. The van der Waals surface area contributed by atoms with E-state index in [1.54, 1.807) is 6.07 Å². The van der Waals surface area contributed by atoms with E-state index < -0.39 is 0 Å². The molecule has 7 nitrogen and oxygen atoms in total. The molecule has 0 fully saturated rings. The number of nitrogens with zero attached hydrogens (tertiary/aromatic N) is 4. The molecule has 108 valence electrons. The molecule has 2 heterocycles. The van der Waals surface area contributed by atoms with Gasteiger partial charge in [0, 0.05) is 0 Å². The van der Waals surface area contributed by atoms with E-state index in [0.717, 1.165) is 11.4 Å². The molecule has 1 aromatic heterocycles. The van der Waals surface area contributed by atoms with Crippen LogP contribution in [0, 0.1) is 0 Å². The molecule has 1 aliphatic heterocycles. The minimum absolute atomic E-state index is 0.123. The molecule has 0 atom stereocenters. The van der Waals surface area contributed by atoms with E-state index >= 15 is 0 Å². The Kier molecular flexibility index (Phi) is 3.35. The van der Waals surface area contributed by atoms with Gasteiger partial charge in [0.25, 0.3) is 0 Å². The van der Waals surface area contributed by atoms with E-state index in [0.29, 0.717) is 11.5 Å². The zero-order valence-electron chi connectivity index (χ0n) is 11.8. The Bertz CT molecular complexity index is 782. The number of H-pyrrole nitrogens is 1. The van der Waals surface area contributed by atoms with E-state index in [4.69, 9.17) is 0 Å². The Labute approximate surface area is 127 Å². The predicted octanol–water partition coefficient (Wildman–Crippen LogP) is 2.70. The molecule has 21 heavy (non-hydrogen) atoms. The van der Waals surface area contributed by atoms with Gasteiger partial charge in [-0.2, -0.15) is 0 Å². The molecule has 1 aliphatic rings. The molecule has 0 radical (unpaired) electrons. The Balaban J connectivity index is 1.83. The van der Waals surface area contributed by atoms with Crippen LogP contribution in [0.15, 0.2) is 26.1 Å². The summed E-state index contributed by atoms with van der Waals surface area (Å²) in [4.78, 5) is 16.5. The van der Waals surface area contributed by atoms with Gasteiger partial charge in [0.1, 0.15) is 0 Å². The number of anilines is 1. The van der Waals surface area contributed by atoms with Crippen molar-refractivity contribution in [2.75, 3.05) is 5.32 Å². The number of hydrogen-bond donors (Lipinski definition) is 2. The molecule has 0 saturated carbocycles. The second-order valence-electron chi connectivity index (χ2n) is 5.65. The first-order valence-corrected chi connectivity index (χ1v) is 7.94. The van der Waals surface area contributed by atoms with Crippen LogP contribution in [0.4, 0.5) is 17.1 Å². The second-order valence-corrected chi connectivity index (χ2v) is 6.76. The number of fused-ring (bicyclic) bond motifs is 1. The predicted molar refractivity (Wildman–Crippen MR) is 79.4 cm³/mol. The molecule has 1 amide bonds. The molecular formula is C13H14N6OSe. The van der Waals surface area contributed by atoms with Crippen LogP contribution >= 0.6 is 0 Å². The molecule has 1 aromatic carbocycles. The van der Waals surface area contributed by atoms with Gasteiger partial charge in [-0.3, -0.25) is 0 Å². The number of aromatic amines is 1. The van der Waals surface area contributed by atoms with Crippen molar-refractivity contribution in [1.29, 1.82) is 0 Å². The Morgan fingerprint density at radius 3 is 2.81 bits per heavy atom. The molecule has 0 aliphatic carbocycles. The standard InChI is InChI=1S/C13H14N6OSe/c1-13(2,3)12-15-10(16-17-12)11(20)14-7-5-4-6-8-9(7)19-21-18-8/h4-6H,1-3H3,(H,14,20)(H,15,16,17). The zero-order valence-corrected chi connectivity index (χ0v) is 13.6. The van der Waals surface area contributed by atoms with Gasteiger partial charge in [0.05, 0.1) is 0 Å².